The molecule has 2 spiro atoms. The van der Waals surface area contributed by atoms with E-state index in [0.29, 0.717) is 12.3 Å². The molecule has 1 heterocycles. The fraction of sp³-hybridized carbons (Fsp3) is 1.00. The Labute approximate surface area is 101 Å². The van der Waals surface area contributed by atoms with E-state index < -0.39 is 11.6 Å². The van der Waals surface area contributed by atoms with Gasteiger partial charge in [0.25, 0.3) is 0 Å². The minimum atomic E-state index is -0.651. The van der Waals surface area contributed by atoms with Gasteiger partial charge >= 0.3 is 0 Å². The fourth-order valence-corrected chi connectivity index (χ4v) is 4.29. The van der Waals surface area contributed by atoms with Crippen LogP contribution in [0.5, 0.6) is 0 Å². The molecule has 0 amide bonds. The van der Waals surface area contributed by atoms with Crippen LogP contribution in [0.15, 0.2) is 0 Å². The van der Waals surface area contributed by atoms with Crippen LogP contribution in [-0.4, -0.2) is 22.8 Å². The van der Waals surface area contributed by atoms with E-state index in [1.807, 2.05) is 0 Å². The number of fused-ring (bicyclic) bond motifs is 3. The maximum absolute atomic E-state index is 9.78. The SMILES string of the molecule is OC1CCCC2(C1)OOC1(CC3CCC1C3)O2. The standard InChI is InChI=1S/C13H20O4/c14-11-2-1-5-12(8-11)15-13(17-16-12)7-9-3-4-10(13)6-9/h9-11,14H,1-8H2. The second-order valence-corrected chi connectivity index (χ2v) is 6.32. The van der Waals surface area contributed by atoms with E-state index in [-0.39, 0.29) is 6.10 Å². The molecule has 17 heavy (non-hydrogen) atoms. The molecule has 0 aromatic rings. The predicted molar refractivity (Wildman–Crippen MR) is 58.6 cm³/mol. The molecule has 1 aliphatic heterocycles. The summed E-state index contributed by atoms with van der Waals surface area (Å²) in [6, 6.07) is 0. The van der Waals surface area contributed by atoms with E-state index in [1.54, 1.807) is 0 Å². The molecule has 4 heteroatoms. The van der Waals surface area contributed by atoms with Gasteiger partial charge in [0.1, 0.15) is 0 Å². The van der Waals surface area contributed by atoms with Crippen LogP contribution in [0.25, 0.3) is 0 Å². The summed E-state index contributed by atoms with van der Waals surface area (Å²) in [5, 5.41) is 9.78. The second kappa shape index (κ2) is 3.44. The quantitative estimate of drug-likeness (QED) is 0.659. The zero-order valence-corrected chi connectivity index (χ0v) is 10.1. The van der Waals surface area contributed by atoms with Crippen LogP contribution in [-0.2, 0) is 14.5 Å². The highest BCUT2D eigenvalue weighted by Gasteiger charge is 2.63. The Balaban J connectivity index is 1.55. The number of ether oxygens (including phenoxy) is 1. The maximum atomic E-state index is 9.78. The predicted octanol–water partition coefficient (Wildman–Crippen LogP) is 2.11. The normalized spacial score (nSPS) is 57.4. The van der Waals surface area contributed by atoms with Gasteiger partial charge in [0.2, 0.25) is 11.6 Å². The van der Waals surface area contributed by atoms with Gasteiger partial charge in [-0.15, -0.1) is 0 Å². The highest BCUT2D eigenvalue weighted by atomic mass is 17.3. The van der Waals surface area contributed by atoms with Crippen LogP contribution >= 0.6 is 0 Å². The molecule has 1 N–H and O–H groups in total. The van der Waals surface area contributed by atoms with Gasteiger partial charge in [-0.25, -0.2) is 0 Å². The van der Waals surface area contributed by atoms with E-state index in [4.69, 9.17) is 14.5 Å². The van der Waals surface area contributed by atoms with Crippen molar-refractivity contribution in [2.75, 3.05) is 0 Å². The Morgan fingerprint density at radius 1 is 1.06 bits per heavy atom. The number of hydrogen-bond donors (Lipinski definition) is 1. The number of aliphatic hydroxyl groups is 1. The van der Waals surface area contributed by atoms with E-state index in [1.165, 1.54) is 19.3 Å². The van der Waals surface area contributed by atoms with Gasteiger partial charge in [-0.05, 0) is 38.0 Å². The lowest BCUT2D eigenvalue weighted by Gasteiger charge is -2.35. The van der Waals surface area contributed by atoms with Crippen molar-refractivity contribution in [3.63, 3.8) is 0 Å². The molecule has 0 aromatic carbocycles. The first-order valence-electron chi connectivity index (χ1n) is 6.95. The molecule has 0 radical (unpaired) electrons. The third-order valence-corrected chi connectivity index (χ3v) is 5.07. The van der Waals surface area contributed by atoms with Crippen LogP contribution in [0.1, 0.15) is 51.4 Å². The summed E-state index contributed by atoms with van der Waals surface area (Å²) >= 11 is 0. The molecule has 5 unspecified atom stereocenters. The lowest BCUT2D eigenvalue weighted by atomic mass is 9.90. The third kappa shape index (κ3) is 1.51. The first kappa shape index (κ1) is 10.7. The molecule has 1 saturated heterocycles. The summed E-state index contributed by atoms with van der Waals surface area (Å²) in [7, 11) is 0. The first-order valence-corrected chi connectivity index (χ1v) is 6.95. The van der Waals surface area contributed by atoms with Crippen molar-refractivity contribution in [3.8, 4) is 0 Å². The van der Waals surface area contributed by atoms with Crippen molar-refractivity contribution in [1.29, 1.82) is 0 Å². The van der Waals surface area contributed by atoms with E-state index >= 15 is 0 Å². The summed E-state index contributed by atoms with van der Waals surface area (Å²) in [6.07, 6.45) is 7.64. The highest BCUT2D eigenvalue weighted by Crippen LogP contribution is 2.58. The third-order valence-electron chi connectivity index (χ3n) is 5.07. The van der Waals surface area contributed by atoms with Crippen LogP contribution in [0.4, 0.5) is 0 Å². The Morgan fingerprint density at radius 3 is 2.71 bits per heavy atom. The van der Waals surface area contributed by atoms with Crippen molar-refractivity contribution in [3.05, 3.63) is 0 Å². The monoisotopic (exact) mass is 240 g/mol. The van der Waals surface area contributed by atoms with Gasteiger partial charge < -0.3 is 9.84 Å². The zero-order chi connectivity index (χ0) is 11.5. The molecule has 3 aliphatic carbocycles. The first-order chi connectivity index (χ1) is 8.20. The molecule has 0 aromatic heterocycles. The minimum absolute atomic E-state index is 0.305. The van der Waals surface area contributed by atoms with Crippen LogP contribution in [0.3, 0.4) is 0 Å². The Kier molecular flexibility index (Phi) is 2.17. The van der Waals surface area contributed by atoms with Crippen LogP contribution < -0.4 is 0 Å². The van der Waals surface area contributed by atoms with Gasteiger partial charge in [0.05, 0.1) is 6.10 Å². The molecule has 4 rings (SSSR count). The maximum Gasteiger partial charge on any atom is 0.207 e. The van der Waals surface area contributed by atoms with Crippen LogP contribution in [0.2, 0.25) is 0 Å². The molecule has 4 nitrogen and oxygen atoms in total. The summed E-state index contributed by atoms with van der Waals surface area (Å²) in [5.41, 5.74) is 0. The Bertz CT molecular complexity index is 333. The van der Waals surface area contributed by atoms with E-state index in [2.05, 4.69) is 0 Å². The lowest BCUT2D eigenvalue weighted by Crippen LogP contribution is -2.43. The van der Waals surface area contributed by atoms with Gasteiger partial charge in [-0.3, -0.25) is 0 Å². The molecule has 4 fully saturated rings. The van der Waals surface area contributed by atoms with Crippen LogP contribution in [0, 0.1) is 11.8 Å². The molecule has 5 atom stereocenters. The smallest absolute Gasteiger partial charge is 0.207 e. The Hall–Kier alpha value is -0.160. The topological polar surface area (TPSA) is 47.9 Å². The van der Waals surface area contributed by atoms with Gasteiger partial charge in [-0.2, -0.15) is 9.78 Å². The minimum Gasteiger partial charge on any atom is -0.393 e. The van der Waals surface area contributed by atoms with Crippen molar-refractivity contribution in [1.82, 2.24) is 0 Å². The summed E-state index contributed by atoms with van der Waals surface area (Å²) in [5.74, 6) is 0.139. The zero-order valence-electron chi connectivity index (χ0n) is 10.1. The van der Waals surface area contributed by atoms with Crippen molar-refractivity contribution in [2.45, 2.75) is 69.0 Å². The van der Waals surface area contributed by atoms with Crippen molar-refractivity contribution >= 4 is 0 Å². The molecule has 2 bridgehead atoms. The summed E-state index contributed by atoms with van der Waals surface area (Å²) in [6.45, 7) is 0. The number of rotatable bonds is 0. The summed E-state index contributed by atoms with van der Waals surface area (Å²) < 4.78 is 6.24. The molecule has 96 valence electrons. The molecule has 3 saturated carbocycles. The van der Waals surface area contributed by atoms with E-state index in [0.717, 1.165) is 31.6 Å². The fourth-order valence-electron chi connectivity index (χ4n) is 4.29. The average Bonchev–Trinajstić information content (AvgIpc) is 2.94. The largest absolute Gasteiger partial charge is 0.393 e. The van der Waals surface area contributed by atoms with Gasteiger partial charge in [0.15, 0.2) is 0 Å². The van der Waals surface area contributed by atoms with Crippen molar-refractivity contribution < 1.29 is 19.6 Å². The highest BCUT2D eigenvalue weighted by molar-refractivity contribution is 5.00. The summed E-state index contributed by atoms with van der Waals surface area (Å²) in [4.78, 5) is 11.2. The van der Waals surface area contributed by atoms with Gasteiger partial charge in [-0.1, -0.05) is 0 Å². The molecular formula is C13H20O4. The Morgan fingerprint density at radius 2 is 2.00 bits per heavy atom. The average molecular weight is 240 g/mol. The molecule has 4 aliphatic rings. The van der Waals surface area contributed by atoms with Gasteiger partial charge in [0, 0.05) is 25.2 Å². The molecular weight excluding hydrogens is 220 g/mol. The van der Waals surface area contributed by atoms with Crippen molar-refractivity contribution in [2.24, 2.45) is 11.8 Å². The number of aliphatic hydroxyl groups excluding tert-OH is 1. The lowest BCUT2D eigenvalue weighted by molar-refractivity contribution is -0.363. The van der Waals surface area contributed by atoms with E-state index in [9.17, 15) is 5.11 Å². The number of hydrogen-bond acceptors (Lipinski definition) is 4. The second-order valence-electron chi connectivity index (χ2n) is 6.32.